The molecule has 0 radical (unpaired) electrons. The maximum Gasteiger partial charge on any atom is 0.0992 e. The van der Waals surface area contributed by atoms with Gasteiger partial charge in [-0.05, 0) is 37.3 Å². The van der Waals surface area contributed by atoms with E-state index in [2.05, 4.69) is 11.0 Å². The molecule has 0 bridgehead atoms. The smallest absolute Gasteiger partial charge is 0.0992 e. The van der Waals surface area contributed by atoms with E-state index in [1.165, 1.54) is 11.3 Å². The fourth-order valence-electron chi connectivity index (χ4n) is 2.25. The highest BCUT2D eigenvalue weighted by Crippen LogP contribution is 2.34. The lowest BCUT2D eigenvalue weighted by molar-refractivity contribution is 0.566. The van der Waals surface area contributed by atoms with Crippen LogP contribution in [0.2, 0.25) is 4.34 Å². The van der Waals surface area contributed by atoms with E-state index in [9.17, 15) is 0 Å². The number of anilines is 1. The number of thiophene rings is 1. The number of nitriles is 1. The topological polar surface area (TPSA) is 53.0 Å². The molecule has 1 aromatic carbocycles. The van der Waals surface area contributed by atoms with Crippen molar-refractivity contribution in [3.63, 3.8) is 0 Å². The summed E-state index contributed by atoms with van der Waals surface area (Å²) in [5.41, 5.74) is 7.75. The predicted molar refractivity (Wildman–Crippen MR) is 85.3 cm³/mol. The molecule has 20 heavy (non-hydrogen) atoms. The van der Waals surface area contributed by atoms with E-state index in [4.69, 9.17) is 22.6 Å². The minimum atomic E-state index is -0.0551. The molecule has 0 saturated carbocycles. The molecule has 2 N–H and O–H groups in total. The van der Waals surface area contributed by atoms with Crippen LogP contribution < -0.4 is 10.6 Å². The summed E-state index contributed by atoms with van der Waals surface area (Å²) in [6.45, 7) is 1.98. The Morgan fingerprint density at radius 1 is 1.35 bits per heavy atom. The van der Waals surface area contributed by atoms with Gasteiger partial charge in [0.15, 0.2) is 0 Å². The largest absolute Gasteiger partial charge is 0.365 e. The quantitative estimate of drug-likeness (QED) is 0.935. The van der Waals surface area contributed by atoms with Gasteiger partial charge in [-0.15, -0.1) is 11.3 Å². The molecule has 104 valence electrons. The van der Waals surface area contributed by atoms with E-state index in [-0.39, 0.29) is 12.1 Å². The average Bonchev–Trinajstić information content (AvgIpc) is 2.84. The Morgan fingerprint density at radius 3 is 2.65 bits per heavy atom. The zero-order valence-electron chi connectivity index (χ0n) is 11.4. The van der Waals surface area contributed by atoms with Gasteiger partial charge in [0.05, 0.1) is 22.0 Å². The van der Waals surface area contributed by atoms with Crippen molar-refractivity contribution >= 4 is 28.6 Å². The fraction of sp³-hybridized carbons (Fsp3) is 0.267. The second-order valence-electron chi connectivity index (χ2n) is 4.72. The predicted octanol–water partition coefficient (Wildman–Crippen LogP) is 3.80. The zero-order valence-corrected chi connectivity index (χ0v) is 12.9. The summed E-state index contributed by atoms with van der Waals surface area (Å²) in [6.07, 6.45) is 0. The monoisotopic (exact) mass is 305 g/mol. The van der Waals surface area contributed by atoms with Crippen LogP contribution >= 0.6 is 22.9 Å². The lowest BCUT2D eigenvalue weighted by Gasteiger charge is -2.32. The third kappa shape index (κ3) is 3.13. The van der Waals surface area contributed by atoms with Crippen molar-refractivity contribution < 1.29 is 0 Å². The molecule has 0 fully saturated rings. The number of benzene rings is 1. The van der Waals surface area contributed by atoms with Crippen molar-refractivity contribution in [1.82, 2.24) is 0 Å². The first-order valence-corrected chi connectivity index (χ1v) is 7.46. The molecule has 0 saturated heterocycles. The molecule has 0 amide bonds. The number of hydrogen-bond donors (Lipinski definition) is 1. The summed E-state index contributed by atoms with van der Waals surface area (Å²) in [7, 11) is 1.98. The number of likely N-dealkylation sites (N-methyl/N-ethyl adjacent to an activating group) is 1. The number of hydrogen-bond acceptors (Lipinski definition) is 4. The van der Waals surface area contributed by atoms with Crippen LogP contribution in [0.3, 0.4) is 0 Å². The van der Waals surface area contributed by atoms with Gasteiger partial charge in [0.25, 0.3) is 0 Å². The Bertz CT molecular complexity index is 630. The first-order chi connectivity index (χ1) is 9.52. The molecule has 3 nitrogen and oxygen atoms in total. The molecule has 2 unspecified atom stereocenters. The molecular weight excluding hydrogens is 290 g/mol. The molecule has 1 heterocycles. The Kier molecular flexibility index (Phi) is 4.66. The number of nitrogens with two attached hydrogens (primary N) is 1. The Morgan fingerprint density at radius 2 is 2.10 bits per heavy atom. The van der Waals surface area contributed by atoms with Crippen LogP contribution in [0.1, 0.15) is 23.4 Å². The van der Waals surface area contributed by atoms with E-state index in [1.54, 1.807) is 6.07 Å². The van der Waals surface area contributed by atoms with Crippen LogP contribution in [0.4, 0.5) is 5.69 Å². The van der Waals surface area contributed by atoms with Crippen LogP contribution in [0.5, 0.6) is 0 Å². The van der Waals surface area contributed by atoms with E-state index in [1.807, 2.05) is 44.3 Å². The van der Waals surface area contributed by atoms with Crippen LogP contribution in [0, 0.1) is 11.3 Å². The van der Waals surface area contributed by atoms with Crippen LogP contribution in [0.25, 0.3) is 0 Å². The van der Waals surface area contributed by atoms with Crippen LogP contribution in [-0.2, 0) is 0 Å². The highest BCUT2D eigenvalue weighted by Gasteiger charge is 2.23. The Balaban J connectivity index is 2.36. The minimum absolute atomic E-state index is 0.0291. The van der Waals surface area contributed by atoms with Crippen molar-refractivity contribution in [2.75, 3.05) is 11.9 Å². The maximum atomic E-state index is 9.00. The second kappa shape index (κ2) is 6.27. The molecule has 2 atom stereocenters. The standard InChI is InChI=1S/C15H16ClN3S/c1-10(18)15(13-6-7-14(16)20-13)19(2)12-5-3-4-11(8-12)9-17/h3-8,10,15H,18H2,1-2H3. The second-order valence-corrected chi connectivity index (χ2v) is 6.47. The molecule has 2 rings (SSSR count). The van der Waals surface area contributed by atoms with Gasteiger partial charge in [0.1, 0.15) is 0 Å². The molecule has 0 spiro atoms. The van der Waals surface area contributed by atoms with Gasteiger partial charge in [-0.2, -0.15) is 5.26 Å². The molecule has 0 aliphatic carbocycles. The highest BCUT2D eigenvalue weighted by molar-refractivity contribution is 7.16. The van der Waals surface area contributed by atoms with Gasteiger partial charge in [0.2, 0.25) is 0 Å². The molecule has 5 heteroatoms. The van der Waals surface area contributed by atoms with Crippen molar-refractivity contribution in [2.45, 2.75) is 19.0 Å². The molecule has 0 aliphatic rings. The average molecular weight is 306 g/mol. The molecular formula is C15H16ClN3S. The number of halogens is 1. The minimum Gasteiger partial charge on any atom is -0.365 e. The third-order valence-corrected chi connectivity index (χ3v) is 4.49. The van der Waals surface area contributed by atoms with Gasteiger partial charge in [-0.25, -0.2) is 0 Å². The Labute approximate surface area is 128 Å². The lowest BCUT2D eigenvalue weighted by Crippen LogP contribution is -2.36. The lowest BCUT2D eigenvalue weighted by atomic mass is 10.1. The first-order valence-electron chi connectivity index (χ1n) is 6.26. The summed E-state index contributed by atoms with van der Waals surface area (Å²) in [4.78, 5) is 3.21. The van der Waals surface area contributed by atoms with E-state index in [0.717, 1.165) is 14.9 Å². The number of rotatable bonds is 4. The van der Waals surface area contributed by atoms with E-state index >= 15 is 0 Å². The SMILES string of the molecule is CC(N)C(c1ccc(Cl)s1)N(C)c1cccc(C#N)c1. The molecule has 1 aromatic heterocycles. The highest BCUT2D eigenvalue weighted by atomic mass is 35.5. The fourth-order valence-corrected chi connectivity index (χ4v) is 3.57. The normalized spacial score (nSPS) is 13.6. The summed E-state index contributed by atoms with van der Waals surface area (Å²) in [5, 5.41) is 9.00. The van der Waals surface area contributed by atoms with Crippen molar-refractivity contribution in [2.24, 2.45) is 5.73 Å². The maximum absolute atomic E-state index is 9.00. The van der Waals surface area contributed by atoms with Gasteiger partial charge < -0.3 is 10.6 Å². The number of nitrogens with zero attached hydrogens (tertiary/aromatic N) is 2. The van der Waals surface area contributed by atoms with Gasteiger partial charge in [0, 0.05) is 23.7 Å². The Hall–Kier alpha value is -1.54. The van der Waals surface area contributed by atoms with Gasteiger partial charge in [-0.1, -0.05) is 17.7 Å². The van der Waals surface area contributed by atoms with E-state index in [0.29, 0.717) is 5.56 Å². The summed E-state index contributed by atoms with van der Waals surface area (Å²) < 4.78 is 0.754. The summed E-state index contributed by atoms with van der Waals surface area (Å²) in [6, 6.07) is 13.5. The summed E-state index contributed by atoms with van der Waals surface area (Å²) in [5.74, 6) is 0. The van der Waals surface area contributed by atoms with Crippen LogP contribution in [-0.4, -0.2) is 13.1 Å². The first kappa shape index (κ1) is 14.9. The van der Waals surface area contributed by atoms with Gasteiger partial charge in [-0.3, -0.25) is 0 Å². The zero-order chi connectivity index (χ0) is 14.7. The van der Waals surface area contributed by atoms with Crippen molar-refractivity contribution in [1.29, 1.82) is 5.26 Å². The third-order valence-electron chi connectivity index (χ3n) is 3.18. The van der Waals surface area contributed by atoms with Crippen LogP contribution in [0.15, 0.2) is 36.4 Å². The van der Waals surface area contributed by atoms with Crippen molar-refractivity contribution in [3.8, 4) is 6.07 Å². The van der Waals surface area contributed by atoms with Gasteiger partial charge >= 0.3 is 0 Å². The van der Waals surface area contributed by atoms with E-state index < -0.39 is 0 Å². The summed E-state index contributed by atoms with van der Waals surface area (Å²) >= 11 is 7.56. The molecule has 0 aliphatic heterocycles. The van der Waals surface area contributed by atoms with Crippen molar-refractivity contribution in [3.05, 3.63) is 51.2 Å². The molecule has 2 aromatic rings.